The van der Waals surface area contributed by atoms with E-state index in [-0.39, 0.29) is 11.2 Å². The van der Waals surface area contributed by atoms with E-state index in [0.717, 1.165) is 19.5 Å². The normalized spacial score (nSPS) is 11.6. The third-order valence-electron chi connectivity index (χ3n) is 4.11. The van der Waals surface area contributed by atoms with E-state index in [2.05, 4.69) is 17.1 Å². The molecule has 0 radical (unpaired) electrons. The minimum Gasteiger partial charge on any atom is -0.312 e. The van der Waals surface area contributed by atoms with Crippen molar-refractivity contribution < 1.29 is 0 Å². The second-order valence-corrected chi connectivity index (χ2v) is 6.60. The number of thiophene rings is 1. The molecule has 4 rings (SSSR count). The molecule has 7 heteroatoms. The first-order valence-corrected chi connectivity index (χ1v) is 7.92. The van der Waals surface area contributed by atoms with Crippen molar-refractivity contribution in [3.8, 4) is 10.7 Å². The van der Waals surface area contributed by atoms with Crippen LogP contribution in [0.2, 0.25) is 0 Å². The van der Waals surface area contributed by atoms with Gasteiger partial charge in [-0.05, 0) is 17.5 Å². The van der Waals surface area contributed by atoms with Gasteiger partial charge in [0.15, 0.2) is 11.3 Å². The van der Waals surface area contributed by atoms with Crippen molar-refractivity contribution in [2.24, 2.45) is 21.1 Å². The Balaban J connectivity index is 2.11. The Morgan fingerprint density at radius 2 is 1.74 bits per heavy atom. The minimum atomic E-state index is -0.369. The van der Waals surface area contributed by atoms with Gasteiger partial charge in [0, 0.05) is 25.8 Å². The van der Waals surface area contributed by atoms with Crippen LogP contribution in [0.4, 0.5) is 0 Å². The first-order valence-electron chi connectivity index (χ1n) is 7.10. The summed E-state index contributed by atoms with van der Waals surface area (Å²) in [5.74, 6) is 0.694. The van der Waals surface area contributed by atoms with E-state index in [1.54, 1.807) is 18.4 Å². The quantitative estimate of drug-likeness (QED) is 0.536. The van der Waals surface area contributed by atoms with E-state index in [1.807, 2.05) is 29.8 Å². The summed E-state index contributed by atoms with van der Waals surface area (Å²) >= 11 is 1.62. The highest BCUT2D eigenvalue weighted by Crippen LogP contribution is 2.33. The Bertz CT molecular complexity index is 1160. The maximum Gasteiger partial charge on any atom is 0.332 e. The number of hydrogen-bond acceptors (Lipinski definition) is 4. The Hall–Kier alpha value is -2.67. The van der Waals surface area contributed by atoms with Crippen LogP contribution in [-0.4, -0.2) is 18.7 Å². The smallest absolute Gasteiger partial charge is 0.312 e. The molecule has 3 aromatic heterocycles. The van der Waals surface area contributed by atoms with E-state index in [0.29, 0.717) is 17.0 Å². The van der Waals surface area contributed by atoms with E-state index in [4.69, 9.17) is 0 Å². The van der Waals surface area contributed by atoms with Gasteiger partial charge in [-0.25, -0.2) is 9.78 Å². The van der Waals surface area contributed by atoms with Crippen LogP contribution >= 0.6 is 11.3 Å². The van der Waals surface area contributed by atoms with Crippen LogP contribution in [0.1, 0.15) is 0 Å². The highest BCUT2D eigenvalue weighted by Gasteiger charge is 2.18. The fourth-order valence-corrected chi connectivity index (χ4v) is 3.98. The van der Waals surface area contributed by atoms with Gasteiger partial charge in [-0.2, -0.15) is 0 Å². The largest absolute Gasteiger partial charge is 0.332 e. The SMILES string of the molecule is Cn1c(=O)c2nc(-c3cc4ccccc4s3)n(C)c2n(C)c1=O. The van der Waals surface area contributed by atoms with Gasteiger partial charge in [-0.15, -0.1) is 11.3 Å². The number of benzene rings is 1. The second kappa shape index (κ2) is 4.66. The number of imidazole rings is 1. The van der Waals surface area contributed by atoms with Gasteiger partial charge in [0.25, 0.3) is 5.56 Å². The average molecular weight is 326 g/mol. The molecule has 0 saturated heterocycles. The number of aryl methyl sites for hydroxylation is 2. The second-order valence-electron chi connectivity index (χ2n) is 5.52. The van der Waals surface area contributed by atoms with Crippen molar-refractivity contribution in [1.82, 2.24) is 18.7 Å². The van der Waals surface area contributed by atoms with Crippen LogP contribution in [-0.2, 0) is 21.1 Å². The molecule has 1 aromatic carbocycles. The predicted octanol–water partition coefficient (Wildman–Crippen LogP) is 1.85. The van der Waals surface area contributed by atoms with Crippen molar-refractivity contribution in [3.05, 3.63) is 51.2 Å². The lowest BCUT2D eigenvalue weighted by Crippen LogP contribution is -2.37. The molecule has 0 amide bonds. The fraction of sp³-hybridized carbons (Fsp3) is 0.188. The Labute approximate surface area is 134 Å². The molecule has 0 aliphatic carbocycles. The number of rotatable bonds is 1. The summed E-state index contributed by atoms with van der Waals surface area (Å²) < 4.78 is 5.52. The van der Waals surface area contributed by atoms with E-state index in [1.165, 1.54) is 11.6 Å². The number of nitrogens with zero attached hydrogens (tertiary/aromatic N) is 4. The van der Waals surface area contributed by atoms with Crippen LogP contribution in [0.5, 0.6) is 0 Å². The molecule has 0 aliphatic heterocycles. The molecule has 0 atom stereocenters. The van der Waals surface area contributed by atoms with Crippen LogP contribution in [0.25, 0.3) is 32.0 Å². The molecule has 0 unspecified atom stereocenters. The van der Waals surface area contributed by atoms with Crippen molar-refractivity contribution >= 4 is 32.6 Å². The average Bonchev–Trinajstić information content (AvgIpc) is 3.11. The first kappa shape index (κ1) is 14.0. The molecular weight excluding hydrogens is 312 g/mol. The van der Waals surface area contributed by atoms with Gasteiger partial charge in [0.1, 0.15) is 5.65 Å². The molecule has 116 valence electrons. The zero-order chi connectivity index (χ0) is 16.3. The molecule has 0 N–H and O–H groups in total. The molecule has 0 bridgehead atoms. The molecule has 0 aliphatic rings. The lowest BCUT2D eigenvalue weighted by molar-refractivity contribution is 0.698. The predicted molar refractivity (Wildman–Crippen MR) is 92.0 cm³/mol. The van der Waals surface area contributed by atoms with Crippen LogP contribution in [0, 0.1) is 0 Å². The summed E-state index contributed by atoms with van der Waals surface area (Å²) in [4.78, 5) is 30.0. The molecule has 3 heterocycles. The van der Waals surface area contributed by atoms with E-state index >= 15 is 0 Å². The van der Waals surface area contributed by atoms with Crippen LogP contribution in [0.3, 0.4) is 0 Å². The topological polar surface area (TPSA) is 61.8 Å². The Morgan fingerprint density at radius 3 is 2.48 bits per heavy atom. The van der Waals surface area contributed by atoms with Crippen molar-refractivity contribution in [2.45, 2.75) is 0 Å². The number of hydrogen-bond donors (Lipinski definition) is 0. The number of aromatic nitrogens is 4. The molecule has 6 nitrogen and oxygen atoms in total. The highest BCUT2D eigenvalue weighted by molar-refractivity contribution is 7.22. The van der Waals surface area contributed by atoms with Crippen LogP contribution in [0.15, 0.2) is 39.9 Å². The maximum atomic E-state index is 12.3. The molecular formula is C16H14N4O2S. The lowest BCUT2D eigenvalue weighted by atomic mass is 10.2. The summed E-state index contributed by atoms with van der Waals surface area (Å²) in [5.41, 5.74) is 0.120. The first-order chi connectivity index (χ1) is 11.0. The summed E-state index contributed by atoms with van der Waals surface area (Å²) in [7, 11) is 4.95. The standard InChI is InChI=1S/C16H14N4O2S/c1-18-13(11-8-9-6-4-5-7-10(9)23-11)17-12-14(18)19(2)16(22)20(3)15(12)21/h4-8H,1-3H3. The van der Waals surface area contributed by atoms with Gasteiger partial charge in [-0.1, -0.05) is 18.2 Å². The summed E-state index contributed by atoms with van der Waals surface area (Å²) in [6.45, 7) is 0. The van der Waals surface area contributed by atoms with Crippen molar-refractivity contribution in [1.29, 1.82) is 0 Å². The molecule has 4 aromatic rings. The van der Waals surface area contributed by atoms with Crippen molar-refractivity contribution in [2.75, 3.05) is 0 Å². The zero-order valence-electron chi connectivity index (χ0n) is 12.9. The van der Waals surface area contributed by atoms with Gasteiger partial charge in [-0.3, -0.25) is 13.9 Å². The fourth-order valence-electron chi connectivity index (χ4n) is 2.89. The van der Waals surface area contributed by atoms with E-state index < -0.39 is 0 Å². The molecule has 0 spiro atoms. The molecule has 0 saturated carbocycles. The van der Waals surface area contributed by atoms with Crippen LogP contribution < -0.4 is 11.2 Å². The lowest BCUT2D eigenvalue weighted by Gasteiger charge is -2.05. The summed E-state index contributed by atoms with van der Waals surface area (Å²) in [6, 6.07) is 10.2. The van der Waals surface area contributed by atoms with E-state index in [9.17, 15) is 9.59 Å². The summed E-state index contributed by atoms with van der Waals surface area (Å²) in [5, 5.41) is 1.14. The summed E-state index contributed by atoms with van der Waals surface area (Å²) in [6.07, 6.45) is 0. The number of fused-ring (bicyclic) bond motifs is 2. The molecule has 0 fully saturated rings. The minimum absolute atomic E-state index is 0.310. The van der Waals surface area contributed by atoms with Crippen molar-refractivity contribution in [3.63, 3.8) is 0 Å². The maximum absolute atomic E-state index is 12.3. The Kier molecular flexibility index (Phi) is 2.83. The van der Waals surface area contributed by atoms with Gasteiger partial charge >= 0.3 is 5.69 Å². The third kappa shape index (κ3) is 1.83. The monoisotopic (exact) mass is 326 g/mol. The molecule has 23 heavy (non-hydrogen) atoms. The zero-order valence-corrected chi connectivity index (χ0v) is 13.7. The highest BCUT2D eigenvalue weighted by atomic mass is 32.1. The Morgan fingerprint density at radius 1 is 1.00 bits per heavy atom. The third-order valence-corrected chi connectivity index (χ3v) is 5.22. The van der Waals surface area contributed by atoms with Gasteiger partial charge in [0.2, 0.25) is 0 Å². The van der Waals surface area contributed by atoms with Gasteiger partial charge in [0.05, 0.1) is 4.88 Å². The van der Waals surface area contributed by atoms with Gasteiger partial charge < -0.3 is 4.57 Å².